The molecule has 0 saturated carbocycles. The van der Waals surface area contributed by atoms with E-state index in [1.807, 2.05) is 6.92 Å². The second-order valence-electron chi connectivity index (χ2n) is 6.64. The van der Waals surface area contributed by atoms with E-state index in [9.17, 15) is 18.0 Å². The Labute approximate surface area is 178 Å². The van der Waals surface area contributed by atoms with Gasteiger partial charge in [0.1, 0.15) is 0 Å². The third-order valence-corrected chi connectivity index (χ3v) is 4.38. The predicted octanol–water partition coefficient (Wildman–Crippen LogP) is 5.86. The molecule has 0 aliphatic carbocycles. The Morgan fingerprint density at radius 1 is 1.13 bits per heavy atom. The van der Waals surface area contributed by atoms with Gasteiger partial charge in [-0.1, -0.05) is 18.5 Å². The second kappa shape index (κ2) is 9.93. The van der Waals surface area contributed by atoms with Gasteiger partial charge < -0.3 is 19.7 Å². The van der Waals surface area contributed by atoms with Gasteiger partial charge in [-0.15, -0.1) is 0 Å². The van der Waals surface area contributed by atoms with E-state index in [1.165, 1.54) is 24.3 Å². The van der Waals surface area contributed by atoms with Crippen LogP contribution in [-0.2, 0) is 6.18 Å². The van der Waals surface area contributed by atoms with E-state index < -0.39 is 17.6 Å². The molecule has 0 aromatic heterocycles. The number of carbonyl (C=O) groups is 1. The van der Waals surface area contributed by atoms with Crippen molar-refractivity contribution in [3.63, 3.8) is 0 Å². The number of ether oxygens (including phenoxy) is 2. The lowest BCUT2D eigenvalue weighted by Gasteiger charge is -2.19. The molecule has 0 unspecified atom stereocenters. The van der Waals surface area contributed by atoms with Crippen molar-refractivity contribution in [2.45, 2.75) is 26.4 Å². The maximum atomic E-state index is 13.5. The summed E-state index contributed by atoms with van der Waals surface area (Å²) in [6.07, 6.45) is -3.89. The van der Waals surface area contributed by atoms with Crippen LogP contribution >= 0.6 is 11.6 Å². The number of carbonyl (C=O) groups excluding carboxylic acids is 1. The van der Waals surface area contributed by atoms with Crippen LogP contribution in [0, 0.1) is 0 Å². The van der Waals surface area contributed by atoms with Gasteiger partial charge >= 0.3 is 6.18 Å². The molecule has 2 aromatic rings. The third kappa shape index (κ3) is 5.72. The molecule has 0 bridgehead atoms. The summed E-state index contributed by atoms with van der Waals surface area (Å²) in [6, 6.07) is 6.43. The third-order valence-electron chi connectivity index (χ3n) is 4.10. The molecule has 30 heavy (non-hydrogen) atoms. The molecule has 0 spiro atoms. The molecule has 0 fully saturated rings. The minimum atomic E-state index is -4.64. The van der Waals surface area contributed by atoms with Crippen LogP contribution in [0.3, 0.4) is 0 Å². The molecule has 0 saturated heterocycles. The molecule has 1 N–H and O–H groups in total. The van der Waals surface area contributed by atoms with Crippen LogP contribution < -0.4 is 19.7 Å². The van der Waals surface area contributed by atoms with Crippen LogP contribution in [0.25, 0.3) is 0 Å². The summed E-state index contributed by atoms with van der Waals surface area (Å²) in [6.45, 7) is 4.38. The lowest BCUT2D eigenvalue weighted by Crippen LogP contribution is -2.18. The Morgan fingerprint density at radius 3 is 2.40 bits per heavy atom. The standard InChI is InChI=1S/C21H24ClF3N2O3/c1-5-9-30-19-16(22)10-13(11-18(19)29-6-2)20(28)26-17-8-7-14(27(3)4)12-15(17)21(23,24)25/h7-8,10-12H,5-6,9H2,1-4H3,(H,26,28). The minimum absolute atomic E-state index is 0.0529. The normalized spacial score (nSPS) is 11.2. The summed E-state index contributed by atoms with van der Waals surface area (Å²) in [4.78, 5) is 14.2. The fourth-order valence-electron chi connectivity index (χ4n) is 2.65. The number of benzene rings is 2. The topological polar surface area (TPSA) is 50.8 Å². The van der Waals surface area contributed by atoms with Crippen molar-refractivity contribution in [3.05, 3.63) is 46.5 Å². The zero-order chi connectivity index (χ0) is 22.5. The van der Waals surface area contributed by atoms with Gasteiger partial charge in [0.15, 0.2) is 11.5 Å². The van der Waals surface area contributed by atoms with E-state index in [2.05, 4.69) is 5.32 Å². The summed E-state index contributed by atoms with van der Waals surface area (Å²) in [5.41, 5.74) is -0.879. The Balaban J connectivity index is 2.40. The van der Waals surface area contributed by atoms with Crippen molar-refractivity contribution in [2.24, 2.45) is 0 Å². The lowest BCUT2D eigenvalue weighted by atomic mass is 10.1. The summed E-state index contributed by atoms with van der Waals surface area (Å²) < 4.78 is 51.6. The molecule has 0 atom stereocenters. The van der Waals surface area contributed by atoms with E-state index in [0.717, 1.165) is 12.5 Å². The number of alkyl halides is 3. The number of nitrogens with zero attached hydrogens (tertiary/aromatic N) is 1. The molecule has 0 aliphatic heterocycles. The highest BCUT2D eigenvalue weighted by molar-refractivity contribution is 6.32. The first kappa shape index (κ1) is 23.7. The smallest absolute Gasteiger partial charge is 0.418 e. The van der Waals surface area contributed by atoms with Gasteiger partial charge in [0.2, 0.25) is 0 Å². The van der Waals surface area contributed by atoms with E-state index in [0.29, 0.717) is 24.7 Å². The molecule has 5 nitrogen and oxygen atoms in total. The predicted molar refractivity (Wildman–Crippen MR) is 112 cm³/mol. The van der Waals surface area contributed by atoms with Gasteiger partial charge in [-0.05, 0) is 43.7 Å². The Morgan fingerprint density at radius 2 is 1.83 bits per heavy atom. The average molecular weight is 445 g/mol. The number of hydrogen-bond acceptors (Lipinski definition) is 4. The SMILES string of the molecule is CCCOc1c(Cl)cc(C(=O)Nc2ccc(N(C)C)cc2C(F)(F)F)cc1OCC. The first-order chi connectivity index (χ1) is 14.1. The van der Waals surface area contributed by atoms with Gasteiger partial charge in [0.05, 0.1) is 29.5 Å². The first-order valence-corrected chi connectivity index (χ1v) is 9.75. The summed E-state index contributed by atoms with van der Waals surface area (Å²) in [5, 5.41) is 2.46. The highest BCUT2D eigenvalue weighted by Crippen LogP contribution is 2.39. The summed E-state index contributed by atoms with van der Waals surface area (Å²) in [7, 11) is 3.26. The van der Waals surface area contributed by atoms with Crippen molar-refractivity contribution in [1.29, 1.82) is 0 Å². The van der Waals surface area contributed by atoms with Crippen LogP contribution in [0.15, 0.2) is 30.3 Å². The Kier molecular flexibility index (Phi) is 7.83. The molecular weight excluding hydrogens is 421 g/mol. The lowest BCUT2D eigenvalue weighted by molar-refractivity contribution is -0.136. The fraction of sp³-hybridized carbons (Fsp3) is 0.381. The van der Waals surface area contributed by atoms with E-state index in [-0.39, 0.29) is 22.0 Å². The van der Waals surface area contributed by atoms with E-state index >= 15 is 0 Å². The largest absolute Gasteiger partial charge is 0.490 e. The van der Waals surface area contributed by atoms with Crippen LogP contribution in [0.1, 0.15) is 36.2 Å². The van der Waals surface area contributed by atoms with Gasteiger partial charge in [-0.2, -0.15) is 13.2 Å². The van der Waals surface area contributed by atoms with Crippen molar-refractivity contribution in [2.75, 3.05) is 37.5 Å². The highest BCUT2D eigenvalue weighted by Gasteiger charge is 2.34. The quantitative estimate of drug-likeness (QED) is 0.553. The van der Waals surface area contributed by atoms with Crippen LogP contribution in [0.4, 0.5) is 24.5 Å². The molecule has 2 rings (SSSR count). The van der Waals surface area contributed by atoms with Crippen molar-refractivity contribution in [1.82, 2.24) is 0 Å². The molecule has 1 amide bonds. The van der Waals surface area contributed by atoms with Crippen LogP contribution in [0.5, 0.6) is 11.5 Å². The number of rotatable bonds is 8. The van der Waals surface area contributed by atoms with Crippen molar-refractivity contribution >= 4 is 28.9 Å². The fourth-order valence-corrected chi connectivity index (χ4v) is 2.92. The Hall–Kier alpha value is -2.61. The maximum absolute atomic E-state index is 13.5. The Bertz CT molecular complexity index is 902. The van der Waals surface area contributed by atoms with Gasteiger partial charge in [-0.25, -0.2) is 0 Å². The average Bonchev–Trinajstić information content (AvgIpc) is 2.66. The molecule has 0 heterocycles. The molecule has 0 radical (unpaired) electrons. The summed E-state index contributed by atoms with van der Waals surface area (Å²) in [5.74, 6) is -0.200. The minimum Gasteiger partial charge on any atom is -0.490 e. The number of hydrogen-bond donors (Lipinski definition) is 1. The molecule has 0 aliphatic rings. The monoisotopic (exact) mass is 444 g/mol. The van der Waals surface area contributed by atoms with Crippen LogP contribution in [0.2, 0.25) is 5.02 Å². The van der Waals surface area contributed by atoms with Crippen molar-refractivity contribution in [3.8, 4) is 11.5 Å². The number of anilines is 2. The van der Waals surface area contributed by atoms with Crippen LogP contribution in [-0.4, -0.2) is 33.2 Å². The number of amides is 1. The first-order valence-electron chi connectivity index (χ1n) is 9.37. The molecule has 9 heteroatoms. The molecule has 2 aromatic carbocycles. The second-order valence-corrected chi connectivity index (χ2v) is 7.05. The number of halogens is 4. The van der Waals surface area contributed by atoms with Gasteiger partial charge in [0, 0.05) is 25.3 Å². The highest BCUT2D eigenvalue weighted by atomic mass is 35.5. The van der Waals surface area contributed by atoms with Gasteiger partial charge in [0.25, 0.3) is 5.91 Å². The van der Waals surface area contributed by atoms with Crippen molar-refractivity contribution < 1.29 is 27.4 Å². The number of nitrogens with one attached hydrogen (secondary N) is 1. The van der Waals surface area contributed by atoms with E-state index in [4.69, 9.17) is 21.1 Å². The molecular formula is C21H24ClF3N2O3. The van der Waals surface area contributed by atoms with Gasteiger partial charge in [-0.3, -0.25) is 4.79 Å². The zero-order valence-electron chi connectivity index (χ0n) is 17.2. The summed E-state index contributed by atoms with van der Waals surface area (Å²) >= 11 is 6.24. The maximum Gasteiger partial charge on any atom is 0.418 e. The zero-order valence-corrected chi connectivity index (χ0v) is 17.9. The van der Waals surface area contributed by atoms with E-state index in [1.54, 1.807) is 25.9 Å². The molecule has 164 valence electrons.